The maximum absolute atomic E-state index is 11.1. The first-order chi connectivity index (χ1) is 8.87. The van der Waals surface area contributed by atoms with E-state index in [-0.39, 0.29) is 12.4 Å². The van der Waals surface area contributed by atoms with E-state index in [1.165, 1.54) is 7.11 Å². The average Bonchev–Trinajstić information content (AvgIpc) is 2.30. The van der Waals surface area contributed by atoms with E-state index in [1.54, 1.807) is 12.1 Å². The SMILES string of the molecule is COc1cc(Cl)cc(CCN)c1OCCS(C)(=O)=O. The number of ether oxygens (including phenoxy) is 2. The fourth-order valence-electron chi connectivity index (χ4n) is 1.57. The number of hydrogen-bond acceptors (Lipinski definition) is 5. The molecule has 19 heavy (non-hydrogen) atoms. The lowest BCUT2D eigenvalue weighted by Crippen LogP contribution is -2.14. The quantitative estimate of drug-likeness (QED) is 0.821. The summed E-state index contributed by atoms with van der Waals surface area (Å²) < 4.78 is 32.9. The molecule has 0 aromatic heterocycles. The zero-order chi connectivity index (χ0) is 14.5. The Labute approximate surface area is 118 Å². The van der Waals surface area contributed by atoms with Crippen LogP contribution in [0.4, 0.5) is 0 Å². The molecule has 7 heteroatoms. The molecular formula is C12H18ClNO4S. The van der Waals surface area contributed by atoms with Crippen molar-refractivity contribution in [2.45, 2.75) is 6.42 Å². The van der Waals surface area contributed by atoms with E-state index in [0.717, 1.165) is 11.8 Å². The van der Waals surface area contributed by atoms with Gasteiger partial charge in [-0.15, -0.1) is 0 Å². The highest BCUT2D eigenvalue weighted by Crippen LogP contribution is 2.34. The number of benzene rings is 1. The van der Waals surface area contributed by atoms with Gasteiger partial charge in [0.2, 0.25) is 0 Å². The van der Waals surface area contributed by atoms with Gasteiger partial charge in [0, 0.05) is 22.9 Å². The molecule has 0 atom stereocenters. The van der Waals surface area contributed by atoms with Crippen LogP contribution in [-0.2, 0) is 16.3 Å². The first-order valence-corrected chi connectivity index (χ1v) is 8.18. The minimum absolute atomic E-state index is 0.0547. The maximum Gasteiger partial charge on any atom is 0.164 e. The van der Waals surface area contributed by atoms with Crippen molar-refractivity contribution in [1.82, 2.24) is 0 Å². The van der Waals surface area contributed by atoms with Crippen LogP contribution in [0.15, 0.2) is 12.1 Å². The average molecular weight is 308 g/mol. The summed E-state index contributed by atoms with van der Waals surface area (Å²) in [6.07, 6.45) is 1.74. The van der Waals surface area contributed by atoms with Crippen LogP contribution in [0, 0.1) is 0 Å². The van der Waals surface area contributed by atoms with Gasteiger partial charge in [-0.25, -0.2) is 8.42 Å². The Hall–Kier alpha value is -0.980. The minimum atomic E-state index is -3.06. The lowest BCUT2D eigenvalue weighted by atomic mass is 10.1. The number of nitrogens with two attached hydrogens (primary N) is 1. The minimum Gasteiger partial charge on any atom is -0.493 e. The van der Waals surface area contributed by atoms with Crippen molar-refractivity contribution in [3.63, 3.8) is 0 Å². The number of hydrogen-bond donors (Lipinski definition) is 1. The van der Waals surface area contributed by atoms with E-state index in [1.807, 2.05) is 0 Å². The summed E-state index contributed by atoms with van der Waals surface area (Å²) in [4.78, 5) is 0. The summed E-state index contributed by atoms with van der Waals surface area (Å²) in [5.74, 6) is 0.923. The molecule has 0 saturated heterocycles. The van der Waals surface area contributed by atoms with Gasteiger partial charge in [-0.1, -0.05) is 11.6 Å². The van der Waals surface area contributed by atoms with E-state index in [2.05, 4.69) is 0 Å². The molecular weight excluding hydrogens is 290 g/mol. The predicted octanol–water partition coefficient (Wildman–Crippen LogP) is 1.27. The van der Waals surface area contributed by atoms with Crippen LogP contribution >= 0.6 is 11.6 Å². The highest BCUT2D eigenvalue weighted by atomic mass is 35.5. The summed E-state index contributed by atoms with van der Waals surface area (Å²) in [5.41, 5.74) is 6.34. The molecule has 0 aliphatic carbocycles. The van der Waals surface area contributed by atoms with Gasteiger partial charge >= 0.3 is 0 Å². The Balaban J connectivity index is 2.95. The van der Waals surface area contributed by atoms with E-state index >= 15 is 0 Å². The first-order valence-electron chi connectivity index (χ1n) is 5.74. The van der Waals surface area contributed by atoms with E-state index < -0.39 is 9.84 Å². The van der Waals surface area contributed by atoms with Gasteiger partial charge in [0.1, 0.15) is 6.61 Å². The Morgan fingerprint density at radius 1 is 1.37 bits per heavy atom. The lowest BCUT2D eigenvalue weighted by molar-refractivity contribution is 0.308. The van der Waals surface area contributed by atoms with E-state index in [0.29, 0.717) is 29.5 Å². The molecule has 2 N–H and O–H groups in total. The molecule has 0 bridgehead atoms. The lowest BCUT2D eigenvalue weighted by Gasteiger charge is -2.15. The molecule has 108 valence electrons. The van der Waals surface area contributed by atoms with Crippen molar-refractivity contribution < 1.29 is 17.9 Å². The normalized spacial score (nSPS) is 11.4. The van der Waals surface area contributed by atoms with Crippen molar-refractivity contribution in [3.05, 3.63) is 22.7 Å². The van der Waals surface area contributed by atoms with Crippen LogP contribution in [0.3, 0.4) is 0 Å². The monoisotopic (exact) mass is 307 g/mol. The molecule has 0 aliphatic heterocycles. The first kappa shape index (κ1) is 16.1. The zero-order valence-electron chi connectivity index (χ0n) is 11.0. The molecule has 0 radical (unpaired) electrons. The summed E-state index contributed by atoms with van der Waals surface area (Å²) in [6.45, 7) is 0.500. The Morgan fingerprint density at radius 3 is 2.58 bits per heavy atom. The molecule has 0 unspecified atom stereocenters. The zero-order valence-corrected chi connectivity index (χ0v) is 12.6. The Bertz CT molecular complexity index is 531. The highest BCUT2D eigenvalue weighted by Gasteiger charge is 2.13. The summed E-state index contributed by atoms with van der Waals surface area (Å²) >= 11 is 5.97. The number of methoxy groups -OCH3 is 1. The Morgan fingerprint density at radius 2 is 2.05 bits per heavy atom. The molecule has 0 spiro atoms. The van der Waals surface area contributed by atoms with Crippen molar-refractivity contribution in [2.24, 2.45) is 5.73 Å². The van der Waals surface area contributed by atoms with Crippen LogP contribution in [-0.4, -0.2) is 40.7 Å². The van der Waals surface area contributed by atoms with Crippen LogP contribution in [0.2, 0.25) is 5.02 Å². The molecule has 5 nitrogen and oxygen atoms in total. The molecule has 0 amide bonds. The van der Waals surface area contributed by atoms with Gasteiger partial charge in [-0.05, 0) is 19.0 Å². The van der Waals surface area contributed by atoms with Crippen molar-refractivity contribution in [2.75, 3.05) is 32.3 Å². The van der Waals surface area contributed by atoms with Gasteiger partial charge < -0.3 is 15.2 Å². The van der Waals surface area contributed by atoms with E-state index in [9.17, 15) is 8.42 Å². The second kappa shape index (κ2) is 6.98. The molecule has 0 fully saturated rings. The van der Waals surface area contributed by atoms with Gasteiger partial charge in [0.15, 0.2) is 21.3 Å². The van der Waals surface area contributed by atoms with E-state index in [4.69, 9.17) is 26.8 Å². The molecule has 0 heterocycles. The smallest absolute Gasteiger partial charge is 0.164 e. The molecule has 0 saturated carbocycles. The summed E-state index contributed by atoms with van der Waals surface area (Å²) in [7, 11) is -1.56. The fraction of sp³-hybridized carbons (Fsp3) is 0.500. The van der Waals surface area contributed by atoms with Crippen molar-refractivity contribution >= 4 is 21.4 Å². The fourth-order valence-corrected chi connectivity index (χ4v) is 2.19. The third-order valence-corrected chi connectivity index (χ3v) is 3.56. The third kappa shape index (κ3) is 5.26. The molecule has 1 rings (SSSR count). The second-order valence-corrected chi connectivity index (χ2v) is 6.81. The maximum atomic E-state index is 11.1. The molecule has 1 aromatic carbocycles. The van der Waals surface area contributed by atoms with Gasteiger partial charge in [0.05, 0.1) is 12.9 Å². The van der Waals surface area contributed by atoms with Crippen LogP contribution in [0.5, 0.6) is 11.5 Å². The Kier molecular flexibility index (Phi) is 5.90. The van der Waals surface area contributed by atoms with Gasteiger partial charge in [-0.2, -0.15) is 0 Å². The highest BCUT2D eigenvalue weighted by molar-refractivity contribution is 7.90. The summed E-state index contributed by atoms with van der Waals surface area (Å²) in [5, 5.41) is 0.524. The van der Waals surface area contributed by atoms with Crippen LogP contribution in [0.1, 0.15) is 5.56 Å². The number of rotatable bonds is 7. The van der Waals surface area contributed by atoms with Crippen LogP contribution in [0.25, 0.3) is 0 Å². The van der Waals surface area contributed by atoms with Crippen molar-refractivity contribution in [3.8, 4) is 11.5 Å². The van der Waals surface area contributed by atoms with Crippen LogP contribution < -0.4 is 15.2 Å². The summed E-state index contributed by atoms with van der Waals surface area (Å²) in [6, 6.07) is 3.37. The van der Waals surface area contributed by atoms with Gasteiger partial charge in [0.25, 0.3) is 0 Å². The standard InChI is InChI=1S/C12H18ClNO4S/c1-17-11-8-10(13)7-9(3-4-14)12(11)18-5-6-19(2,15)16/h7-8H,3-6,14H2,1-2H3. The number of halogens is 1. The van der Waals surface area contributed by atoms with Crippen molar-refractivity contribution in [1.29, 1.82) is 0 Å². The third-order valence-electron chi connectivity index (χ3n) is 2.43. The second-order valence-electron chi connectivity index (χ2n) is 4.11. The van der Waals surface area contributed by atoms with Gasteiger partial charge in [-0.3, -0.25) is 0 Å². The molecule has 0 aliphatic rings. The molecule has 1 aromatic rings. The topological polar surface area (TPSA) is 78.6 Å². The predicted molar refractivity (Wildman–Crippen MR) is 76.0 cm³/mol. The largest absolute Gasteiger partial charge is 0.493 e. The number of sulfone groups is 1.